The number of pyridine rings is 1. The summed E-state index contributed by atoms with van der Waals surface area (Å²) in [7, 11) is 1.45. The number of carbonyl (C=O) groups is 3. The van der Waals surface area contributed by atoms with Crippen molar-refractivity contribution < 1.29 is 23.9 Å². The monoisotopic (exact) mass is 565 g/mol. The Morgan fingerprint density at radius 2 is 1.90 bits per heavy atom. The Hall–Kier alpha value is -4.63. The molecule has 2 aromatic heterocycles. The van der Waals surface area contributed by atoms with Crippen molar-refractivity contribution in [2.24, 2.45) is 0 Å². The van der Waals surface area contributed by atoms with E-state index in [1.54, 1.807) is 45.9 Å². The fourth-order valence-corrected chi connectivity index (χ4v) is 4.14. The smallest absolute Gasteiger partial charge is 0.410 e. The number of nitriles is 1. The van der Waals surface area contributed by atoms with Crippen LogP contribution in [0.3, 0.4) is 0 Å². The summed E-state index contributed by atoms with van der Waals surface area (Å²) < 4.78 is 12.6. The molecule has 1 aliphatic heterocycles. The van der Waals surface area contributed by atoms with Gasteiger partial charge in [-0.15, -0.1) is 5.10 Å². The van der Waals surface area contributed by atoms with Gasteiger partial charge in [0.2, 0.25) is 5.88 Å². The van der Waals surface area contributed by atoms with Gasteiger partial charge in [0.1, 0.15) is 17.4 Å². The molecule has 1 aliphatic rings. The molecule has 40 heavy (non-hydrogen) atoms. The molecule has 0 aliphatic carbocycles. The zero-order chi connectivity index (χ0) is 29.2. The van der Waals surface area contributed by atoms with Crippen molar-refractivity contribution in [1.29, 1.82) is 5.26 Å². The van der Waals surface area contributed by atoms with Gasteiger partial charge < -0.3 is 25.0 Å². The van der Waals surface area contributed by atoms with E-state index in [4.69, 9.17) is 21.1 Å². The van der Waals surface area contributed by atoms with E-state index in [2.05, 4.69) is 20.7 Å². The van der Waals surface area contributed by atoms with Crippen molar-refractivity contribution in [2.45, 2.75) is 39.4 Å². The number of benzene rings is 1. The van der Waals surface area contributed by atoms with E-state index in [0.29, 0.717) is 5.56 Å². The molecule has 3 heterocycles. The number of likely N-dealkylation sites (tertiary alicyclic amines) is 1. The fraction of sp³-hybridized carbons (Fsp3) is 0.333. The summed E-state index contributed by atoms with van der Waals surface area (Å²) in [6.07, 6.45) is 0.694. The first-order valence-electron chi connectivity index (χ1n) is 12.3. The van der Waals surface area contributed by atoms with Crippen LogP contribution in [-0.4, -0.2) is 69.4 Å². The highest BCUT2D eigenvalue weighted by atomic mass is 35.5. The number of amides is 3. The molecule has 0 unspecified atom stereocenters. The number of nitrogens with zero attached hydrogens (tertiary/aromatic N) is 5. The first-order valence-corrected chi connectivity index (χ1v) is 12.7. The van der Waals surface area contributed by atoms with E-state index in [1.807, 2.05) is 6.07 Å². The fourth-order valence-electron chi connectivity index (χ4n) is 3.94. The zero-order valence-corrected chi connectivity index (χ0v) is 23.4. The minimum absolute atomic E-state index is 0.0329. The Kier molecular flexibility index (Phi) is 7.97. The Labute approximate surface area is 235 Å². The van der Waals surface area contributed by atoms with Crippen LogP contribution in [0.2, 0.25) is 5.02 Å². The number of aromatic nitrogens is 3. The molecule has 0 saturated carbocycles. The molecule has 0 spiro atoms. The predicted octanol–water partition coefficient (Wildman–Crippen LogP) is 3.71. The highest BCUT2D eigenvalue weighted by molar-refractivity contribution is 6.32. The van der Waals surface area contributed by atoms with Crippen LogP contribution in [0.1, 0.15) is 52.7 Å². The minimum atomic E-state index is -0.619. The van der Waals surface area contributed by atoms with E-state index in [9.17, 15) is 19.6 Å². The van der Waals surface area contributed by atoms with Crippen LogP contribution in [0, 0.1) is 18.3 Å². The number of hydrogen-bond donors (Lipinski definition) is 2. The van der Waals surface area contributed by atoms with E-state index in [1.165, 1.54) is 35.0 Å². The third-order valence-corrected chi connectivity index (χ3v) is 6.12. The van der Waals surface area contributed by atoms with Crippen LogP contribution in [0.25, 0.3) is 5.82 Å². The number of anilines is 1. The van der Waals surface area contributed by atoms with Gasteiger partial charge in [0.05, 0.1) is 41.0 Å². The maximum absolute atomic E-state index is 13.6. The molecule has 13 heteroatoms. The Balaban J connectivity index is 1.62. The molecule has 12 nitrogen and oxygen atoms in total. The van der Waals surface area contributed by atoms with Crippen LogP contribution < -0.4 is 15.4 Å². The second-order valence-electron chi connectivity index (χ2n) is 10.1. The number of halogens is 1. The van der Waals surface area contributed by atoms with Gasteiger partial charge in [-0.1, -0.05) is 11.6 Å². The van der Waals surface area contributed by atoms with Crippen LogP contribution >= 0.6 is 11.6 Å². The lowest BCUT2D eigenvalue weighted by molar-refractivity contribution is -0.0233. The standard InChI is InChI=1S/C27H28ClN7O5/c1-15-9-16(12-29)10-18(24(36)30-5)22(15)32-25(37)20-11-21(33-35(20)23-19(28)7-6-8-31-23)39-17-13-34(14-17)26(38)40-27(2,3)4/h6-11,17H,13-14H2,1-5H3,(H,30,36)(H,32,37). The zero-order valence-electron chi connectivity index (χ0n) is 22.6. The van der Waals surface area contributed by atoms with E-state index < -0.39 is 23.5 Å². The lowest BCUT2D eigenvalue weighted by Gasteiger charge is -2.38. The van der Waals surface area contributed by atoms with Gasteiger partial charge in [0.15, 0.2) is 5.82 Å². The van der Waals surface area contributed by atoms with Crippen molar-refractivity contribution in [2.75, 3.05) is 25.5 Å². The van der Waals surface area contributed by atoms with E-state index in [-0.39, 0.29) is 58.4 Å². The van der Waals surface area contributed by atoms with Crippen molar-refractivity contribution in [1.82, 2.24) is 25.0 Å². The third kappa shape index (κ3) is 6.16. The molecule has 0 atom stereocenters. The molecule has 0 bridgehead atoms. The second kappa shape index (κ2) is 11.2. The minimum Gasteiger partial charge on any atom is -0.469 e. The topological polar surface area (TPSA) is 151 Å². The Bertz CT molecular complexity index is 1520. The number of rotatable bonds is 6. The maximum Gasteiger partial charge on any atom is 0.410 e. The van der Waals surface area contributed by atoms with Crippen LogP contribution in [0.5, 0.6) is 5.88 Å². The second-order valence-corrected chi connectivity index (χ2v) is 10.5. The van der Waals surface area contributed by atoms with Crippen LogP contribution in [-0.2, 0) is 4.74 Å². The number of nitrogens with one attached hydrogen (secondary N) is 2. The Morgan fingerprint density at radius 3 is 2.52 bits per heavy atom. The summed E-state index contributed by atoms with van der Waals surface area (Å²) >= 11 is 6.36. The summed E-state index contributed by atoms with van der Waals surface area (Å²) in [6.45, 7) is 7.62. The van der Waals surface area contributed by atoms with Gasteiger partial charge in [0, 0.05) is 19.3 Å². The molecule has 1 saturated heterocycles. The Morgan fingerprint density at radius 1 is 1.18 bits per heavy atom. The highest BCUT2D eigenvalue weighted by Gasteiger charge is 2.36. The average Bonchev–Trinajstić information content (AvgIpc) is 3.29. The molecule has 208 valence electrons. The van der Waals surface area contributed by atoms with Gasteiger partial charge in [-0.3, -0.25) is 9.59 Å². The molecule has 0 radical (unpaired) electrons. The molecule has 2 N–H and O–H groups in total. The number of carbonyl (C=O) groups excluding carboxylic acids is 3. The van der Waals surface area contributed by atoms with Gasteiger partial charge in [-0.2, -0.15) is 5.26 Å². The molecule has 1 aromatic carbocycles. The SMILES string of the molecule is CNC(=O)c1cc(C#N)cc(C)c1NC(=O)c1cc(OC2CN(C(=O)OC(C)(C)C)C2)nn1-c1ncccc1Cl. The van der Waals surface area contributed by atoms with Gasteiger partial charge in [-0.25, -0.2) is 14.5 Å². The lowest BCUT2D eigenvalue weighted by atomic mass is 10.0. The summed E-state index contributed by atoms with van der Waals surface area (Å²) in [4.78, 5) is 44.1. The van der Waals surface area contributed by atoms with Gasteiger partial charge >= 0.3 is 6.09 Å². The first-order chi connectivity index (χ1) is 18.9. The number of hydrogen-bond acceptors (Lipinski definition) is 8. The lowest BCUT2D eigenvalue weighted by Crippen LogP contribution is -2.57. The van der Waals surface area contributed by atoms with E-state index in [0.717, 1.165) is 0 Å². The summed E-state index contributed by atoms with van der Waals surface area (Å²) in [6, 6.07) is 9.65. The van der Waals surface area contributed by atoms with E-state index >= 15 is 0 Å². The summed E-state index contributed by atoms with van der Waals surface area (Å²) in [5.41, 5.74) is 0.569. The molecular formula is C27H28ClN7O5. The van der Waals surface area contributed by atoms with Gasteiger partial charge in [-0.05, 0) is 57.5 Å². The number of ether oxygens (including phenoxy) is 2. The summed E-state index contributed by atoms with van der Waals surface area (Å²) in [5, 5.41) is 19.3. The predicted molar refractivity (Wildman–Crippen MR) is 146 cm³/mol. The molecule has 3 amide bonds. The maximum atomic E-state index is 13.6. The molecular weight excluding hydrogens is 538 g/mol. The van der Waals surface area contributed by atoms with Crippen molar-refractivity contribution in [3.05, 3.63) is 63.9 Å². The van der Waals surface area contributed by atoms with Crippen molar-refractivity contribution in [3.63, 3.8) is 0 Å². The molecule has 4 rings (SSSR count). The van der Waals surface area contributed by atoms with Crippen LogP contribution in [0.4, 0.5) is 10.5 Å². The largest absolute Gasteiger partial charge is 0.469 e. The normalized spacial score (nSPS) is 13.2. The highest BCUT2D eigenvalue weighted by Crippen LogP contribution is 2.27. The molecule has 3 aromatic rings. The van der Waals surface area contributed by atoms with Crippen molar-refractivity contribution >= 4 is 35.2 Å². The number of aryl methyl sites for hydroxylation is 1. The van der Waals surface area contributed by atoms with Gasteiger partial charge in [0.25, 0.3) is 11.8 Å². The quantitative estimate of drug-likeness (QED) is 0.459. The molecule has 1 fully saturated rings. The summed E-state index contributed by atoms with van der Waals surface area (Å²) in [5.74, 6) is -0.786. The van der Waals surface area contributed by atoms with Crippen LogP contribution in [0.15, 0.2) is 36.5 Å². The van der Waals surface area contributed by atoms with Crippen molar-refractivity contribution in [3.8, 4) is 17.8 Å². The third-order valence-electron chi connectivity index (χ3n) is 5.82. The average molecular weight is 566 g/mol. The first kappa shape index (κ1) is 28.4.